The van der Waals surface area contributed by atoms with Gasteiger partial charge in [-0.1, -0.05) is 0 Å². The monoisotopic (exact) mass is 157 g/mol. The molecule has 54 valence electrons. The van der Waals surface area contributed by atoms with Gasteiger partial charge in [0.15, 0.2) is 0 Å². The zero-order valence-corrected chi connectivity index (χ0v) is 6.57. The molecule has 0 aliphatic carbocycles. The fourth-order valence-corrected chi connectivity index (χ4v) is 0.447. The first-order valence-electron chi connectivity index (χ1n) is 2.67. The van der Waals surface area contributed by atoms with Gasteiger partial charge in [-0.3, -0.25) is 0 Å². The molecule has 0 radical (unpaired) electrons. The maximum absolute atomic E-state index is 10.7. The van der Waals surface area contributed by atoms with Crippen LogP contribution in [0.3, 0.4) is 0 Å². The Morgan fingerprint density at radius 2 is 2.40 bits per heavy atom. The van der Waals surface area contributed by atoms with Gasteiger partial charge < -0.3 is 0 Å². The predicted molar refractivity (Wildman–Crippen MR) is 39.3 cm³/mol. The van der Waals surface area contributed by atoms with Gasteiger partial charge in [0, 0.05) is 0 Å². The summed E-state index contributed by atoms with van der Waals surface area (Å²) in [5.41, 5.74) is 2.81. The van der Waals surface area contributed by atoms with Crippen molar-refractivity contribution in [2.45, 2.75) is 6.92 Å². The summed E-state index contributed by atoms with van der Waals surface area (Å²) in [7, 11) is -0.191. The molecule has 0 rings (SSSR count). The molecule has 0 aliphatic rings. The van der Waals surface area contributed by atoms with Crippen LogP contribution >= 0.6 is 7.92 Å². The fraction of sp³-hybridized carbons (Fsp3) is 0.333. The zero-order valence-electron chi connectivity index (χ0n) is 5.68. The number of carbonyl (C=O) groups excluding carboxylic acids is 1. The third-order valence-corrected chi connectivity index (χ3v) is 1.07. The Hall–Kier alpha value is -0.780. The third-order valence-electron chi connectivity index (χ3n) is 0.780. The summed E-state index contributed by atoms with van der Waals surface area (Å²) < 4.78 is 9.77. The van der Waals surface area contributed by atoms with E-state index in [4.69, 9.17) is 0 Å². The summed E-state index contributed by atoms with van der Waals surface area (Å²) in [5, 5.41) is 2.43. The molecule has 1 N–H and O–H groups in total. The molecule has 0 saturated carbocycles. The first kappa shape index (κ1) is 9.22. The topological polar surface area (TPSA) is 46.2 Å². The van der Waals surface area contributed by atoms with Crippen molar-refractivity contribution in [1.29, 1.82) is 0 Å². The van der Waals surface area contributed by atoms with Gasteiger partial charge in [0.2, 0.25) is 0 Å². The van der Waals surface area contributed by atoms with Gasteiger partial charge in [-0.25, -0.2) is 0 Å². The summed E-state index contributed by atoms with van der Waals surface area (Å²) in [5.74, 6) is -0.240. The minimum atomic E-state index is -0.240. The molecule has 0 unspecified atom stereocenters. The number of hydrogen-bond donors (Lipinski definition) is 1. The van der Waals surface area contributed by atoms with E-state index in [1.165, 1.54) is 0 Å². The molecule has 0 aromatic heterocycles. The molecule has 0 aliphatic heterocycles. The van der Waals surface area contributed by atoms with Crippen LogP contribution in [0.25, 0.3) is 0 Å². The van der Waals surface area contributed by atoms with Crippen molar-refractivity contribution in [3.8, 4) is 5.63 Å². The summed E-state index contributed by atoms with van der Waals surface area (Å²) in [6.07, 6.45) is 0. The Morgan fingerprint density at radius 3 is 2.80 bits per heavy atom. The van der Waals surface area contributed by atoms with Crippen molar-refractivity contribution in [3.05, 3.63) is 12.2 Å². The van der Waals surface area contributed by atoms with Crippen molar-refractivity contribution < 1.29 is 9.36 Å². The average Bonchev–Trinajstić information content (AvgIpc) is 1.88. The number of amides is 1. The van der Waals surface area contributed by atoms with E-state index in [0.717, 1.165) is 0 Å². The van der Waals surface area contributed by atoms with Gasteiger partial charge in [-0.05, 0) is 0 Å². The average molecular weight is 157 g/mol. The SMILES string of the molecule is C=C(C)C(=O)NCC#P=O. The first-order valence-corrected chi connectivity index (χ1v) is 3.48. The predicted octanol–water partition coefficient (Wildman–Crippen LogP) is 0.930. The Kier molecular flexibility index (Phi) is 4.65. The number of hydrogen-bond acceptors (Lipinski definition) is 2. The quantitative estimate of drug-likeness (QED) is 0.478. The number of carbonyl (C=O) groups is 1. The van der Waals surface area contributed by atoms with Crippen LogP contribution in [0.4, 0.5) is 0 Å². The van der Waals surface area contributed by atoms with Crippen molar-refractivity contribution >= 4 is 13.8 Å². The van der Waals surface area contributed by atoms with Gasteiger partial charge >= 0.3 is 59.7 Å². The molecule has 1 amide bonds. The third kappa shape index (κ3) is 4.13. The van der Waals surface area contributed by atoms with Crippen LogP contribution in [-0.4, -0.2) is 12.5 Å². The van der Waals surface area contributed by atoms with Gasteiger partial charge in [0.05, 0.1) is 0 Å². The summed E-state index contributed by atoms with van der Waals surface area (Å²) in [4.78, 5) is 10.7. The molecular weight excluding hydrogens is 149 g/mol. The molecule has 3 nitrogen and oxygen atoms in total. The van der Waals surface area contributed by atoms with E-state index < -0.39 is 0 Å². The molecule has 0 saturated heterocycles. The van der Waals surface area contributed by atoms with Crippen molar-refractivity contribution in [1.82, 2.24) is 5.32 Å². The summed E-state index contributed by atoms with van der Waals surface area (Å²) in [6.45, 7) is 5.21. The number of rotatable bonds is 2. The van der Waals surface area contributed by atoms with Crippen molar-refractivity contribution in [2.75, 3.05) is 6.54 Å². The van der Waals surface area contributed by atoms with Crippen LogP contribution in [0, 0.1) is 5.63 Å². The first-order chi connectivity index (χ1) is 4.68. The molecule has 0 fully saturated rings. The Labute approximate surface area is 60.6 Å². The van der Waals surface area contributed by atoms with Crippen LogP contribution in [0.1, 0.15) is 6.92 Å². The van der Waals surface area contributed by atoms with E-state index in [9.17, 15) is 9.36 Å². The summed E-state index contributed by atoms with van der Waals surface area (Å²) in [6, 6.07) is 0. The van der Waals surface area contributed by atoms with E-state index in [2.05, 4.69) is 17.5 Å². The van der Waals surface area contributed by atoms with Crippen molar-refractivity contribution in [3.63, 3.8) is 0 Å². The maximum atomic E-state index is 10.7. The van der Waals surface area contributed by atoms with Gasteiger partial charge in [-0.2, -0.15) is 0 Å². The van der Waals surface area contributed by atoms with Crippen LogP contribution in [0.5, 0.6) is 0 Å². The van der Waals surface area contributed by atoms with E-state index in [1.54, 1.807) is 6.92 Å². The molecular formula is C6H8NO2P. The van der Waals surface area contributed by atoms with Gasteiger partial charge in [0.25, 0.3) is 0 Å². The summed E-state index contributed by atoms with van der Waals surface area (Å²) >= 11 is 0. The second kappa shape index (κ2) is 5.04. The standard InChI is InChI=1S/C6H8NO2P/c1-5(2)6(8)7-3-4-10-9/h1,3H2,2H3,(H,7,8). The van der Waals surface area contributed by atoms with E-state index in [1.807, 2.05) is 0 Å². The molecule has 0 heterocycles. The van der Waals surface area contributed by atoms with E-state index in [-0.39, 0.29) is 20.4 Å². The number of nitrogens with one attached hydrogen (secondary N) is 1. The second-order valence-corrected chi connectivity index (χ2v) is 2.21. The van der Waals surface area contributed by atoms with Crippen LogP contribution in [-0.2, 0) is 9.36 Å². The molecule has 4 heteroatoms. The molecule has 0 aromatic carbocycles. The Morgan fingerprint density at radius 1 is 1.80 bits per heavy atom. The van der Waals surface area contributed by atoms with Gasteiger partial charge in [-0.15, -0.1) is 0 Å². The second-order valence-electron chi connectivity index (χ2n) is 1.71. The Balaban J connectivity index is 3.67. The van der Waals surface area contributed by atoms with Crippen LogP contribution in [0.2, 0.25) is 0 Å². The zero-order chi connectivity index (χ0) is 7.98. The van der Waals surface area contributed by atoms with Crippen LogP contribution < -0.4 is 5.32 Å². The van der Waals surface area contributed by atoms with Crippen molar-refractivity contribution in [2.24, 2.45) is 0 Å². The van der Waals surface area contributed by atoms with E-state index >= 15 is 0 Å². The van der Waals surface area contributed by atoms with Crippen LogP contribution in [0.15, 0.2) is 12.2 Å². The molecule has 0 bridgehead atoms. The minimum absolute atomic E-state index is 0.191. The fourth-order valence-electron chi connectivity index (χ4n) is 0.303. The van der Waals surface area contributed by atoms with Gasteiger partial charge in [0.1, 0.15) is 0 Å². The Bertz CT molecular complexity index is 239. The molecule has 10 heavy (non-hydrogen) atoms. The van der Waals surface area contributed by atoms with E-state index in [0.29, 0.717) is 5.57 Å². The molecule has 0 spiro atoms. The normalized spacial score (nSPS) is 7.70. The molecule has 0 atom stereocenters. The molecule has 0 aromatic rings.